The Labute approximate surface area is 206 Å². The van der Waals surface area contributed by atoms with Gasteiger partial charge in [0, 0.05) is 5.56 Å². The number of methoxy groups -OCH3 is 1. The van der Waals surface area contributed by atoms with Crippen molar-refractivity contribution in [2.24, 2.45) is 0 Å². The second kappa shape index (κ2) is 10.7. The van der Waals surface area contributed by atoms with Crippen LogP contribution in [-0.2, 0) is 12.8 Å². The predicted molar refractivity (Wildman–Crippen MR) is 130 cm³/mol. The molecule has 1 aromatic heterocycles. The van der Waals surface area contributed by atoms with Gasteiger partial charge in [-0.2, -0.15) is 13.2 Å². The minimum Gasteiger partial charge on any atom is -0.497 e. The number of alkyl halides is 3. The molecule has 8 heteroatoms. The van der Waals surface area contributed by atoms with Gasteiger partial charge >= 0.3 is 6.18 Å². The SMILES string of the molecule is COc1ccc(/C(=C\CO)c2cccc(OCc3nc(-c4ccc(C(F)(F)F)cc4)oc3C)c2)cc1. The molecular weight excluding hydrogens is 471 g/mol. The first kappa shape index (κ1) is 25.1. The Balaban J connectivity index is 1.50. The molecule has 3 aromatic carbocycles. The molecule has 0 unspecified atom stereocenters. The molecule has 0 atom stereocenters. The maximum atomic E-state index is 12.8. The molecule has 0 saturated heterocycles. The van der Waals surface area contributed by atoms with Gasteiger partial charge in [0.1, 0.15) is 29.6 Å². The number of hydrogen-bond acceptors (Lipinski definition) is 5. The third-order valence-corrected chi connectivity index (χ3v) is 5.57. The number of ether oxygens (including phenoxy) is 2. The quantitative estimate of drug-likeness (QED) is 0.295. The summed E-state index contributed by atoms with van der Waals surface area (Å²) < 4.78 is 55.3. The molecule has 5 nitrogen and oxygen atoms in total. The van der Waals surface area contributed by atoms with Gasteiger partial charge in [0.25, 0.3) is 0 Å². The largest absolute Gasteiger partial charge is 0.497 e. The van der Waals surface area contributed by atoms with Crippen molar-refractivity contribution in [3.63, 3.8) is 0 Å². The van der Waals surface area contributed by atoms with E-state index in [4.69, 9.17) is 13.9 Å². The predicted octanol–water partition coefficient (Wildman–Crippen LogP) is 6.68. The summed E-state index contributed by atoms with van der Waals surface area (Å²) in [6, 6.07) is 19.6. The van der Waals surface area contributed by atoms with Gasteiger partial charge in [0.05, 0.1) is 19.3 Å². The van der Waals surface area contributed by atoms with Gasteiger partial charge in [-0.3, -0.25) is 0 Å². The van der Waals surface area contributed by atoms with Gasteiger partial charge in [-0.1, -0.05) is 30.3 Å². The first-order valence-corrected chi connectivity index (χ1v) is 11.1. The van der Waals surface area contributed by atoms with Crippen LogP contribution in [0, 0.1) is 6.92 Å². The average Bonchev–Trinajstić information content (AvgIpc) is 3.26. The molecular formula is C28H24F3NO4. The normalized spacial score (nSPS) is 12.0. The van der Waals surface area contributed by atoms with Crippen LogP contribution in [0.15, 0.2) is 83.3 Å². The Hall–Kier alpha value is -4.04. The third kappa shape index (κ3) is 5.78. The standard InChI is InChI=1S/C28H24F3NO4/c1-18-26(32-27(36-18)20-6-10-22(11-7-20)28(29,30)31)17-35-24-5-3-4-21(16-24)25(14-15-33)19-8-12-23(34-2)13-9-19/h3-14,16,33H,15,17H2,1-2H3/b25-14+. The van der Waals surface area contributed by atoms with Gasteiger partial charge in [0.2, 0.25) is 5.89 Å². The van der Waals surface area contributed by atoms with Crippen molar-refractivity contribution in [2.45, 2.75) is 19.7 Å². The monoisotopic (exact) mass is 495 g/mol. The fourth-order valence-corrected chi connectivity index (χ4v) is 3.66. The number of benzene rings is 3. The average molecular weight is 495 g/mol. The molecule has 0 radical (unpaired) electrons. The van der Waals surface area contributed by atoms with Crippen molar-refractivity contribution in [2.75, 3.05) is 13.7 Å². The molecule has 1 heterocycles. The van der Waals surface area contributed by atoms with E-state index in [9.17, 15) is 18.3 Å². The molecule has 1 N–H and O–H groups in total. The maximum Gasteiger partial charge on any atom is 0.416 e. The zero-order valence-electron chi connectivity index (χ0n) is 19.7. The van der Waals surface area contributed by atoms with E-state index in [1.165, 1.54) is 12.1 Å². The second-order valence-corrected chi connectivity index (χ2v) is 7.94. The van der Waals surface area contributed by atoms with E-state index >= 15 is 0 Å². The van der Waals surface area contributed by atoms with Crippen molar-refractivity contribution in [1.82, 2.24) is 4.98 Å². The Morgan fingerprint density at radius 3 is 2.33 bits per heavy atom. The lowest BCUT2D eigenvalue weighted by Crippen LogP contribution is -2.04. The van der Waals surface area contributed by atoms with Crippen LogP contribution >= 0.6 is 0 Å². The van der Waals surface area contributed by atoms with Crippen LogP contribution in [-0.4, -0.2) is 23.8 Å². The first-order chi connectivity index (χ1) is 17.3. The van der Waals surface area contributed by atoms with E-state index in [2.05, 4.69) is 4.98 Å². The fourth-order valence-electron chi connectivity index (χ4n) is 3.66. The molecule has 0 spiro atoms. The minimum absolute atomic E-state index is 0.112. The Morgan fingerprint density at radius 2 is 1.69 bits per heavy atom. The minimum atomic E-state index is -4.40. The number of oxazole rings is 1. The Morgan fingerprint density at radius 1 is 0.972 bits per heavy atom. The molecule has 0 bridgehead atoms. The number of rotatable bonds is 8. The van der Waals surface area contributed by atoms with Crippen LogP contribution in [0.4, 0.5) is 13.2 Å². The molecule has 0 fully saturated rings. The van der Waals surface area contributed by atoms with Gasteiger partial charge < -0.3 is 19.0 Å². The highest BCUT2D eigenvalue weighted by Crippen LogP contribution is 2.32. The van der Waals surface area contributed by atoms with Crippen molar-refractivity contribution < 1.29 is 32.2 Å². The van der Waals surface area contributed by atoms with Crippen LogP contribution < -0.4 is 9.47 Å². The van der Waals surface area contributed by atoms with Crippen LogP contribution in [0.3, 0.4) is 0 Å². The summed E-state index contributed by atoms with van der Waals surface area (Å²) in [7, 11) is 1.60. The van der Waals surface area contributed by atoms with E-state index in [0.717, 1.165) is 34.6 Å². The summed E-state index contributed by atoms with van der Waals surface area (Å²) in [6.07, 6.45) is -2.68. The number of aliphatic hydroxyl groups excluding tert-OH is 1. The van der Waals surface area contributed by atoms with E-state index in [1.54, 1.807) is 26.2 Å². The molecule has 36 heavy (non-hydrogen) atoms. The highest BCUT2D eigenvalue weighted by molar-refractivity contribution is 5.80. The lowest BCUT2D eigenvalue weighted by Gasteiger charge is -2.12. The Kier molecular flexibility index (Phi) is 7.45. The van der Waals surface area contributed by atoms with Crippen molar-refractivity contribution in [1.29, 1.82) is 0 Å². The summed E-state index contributed by atoms with van der Waals surface area (Å²) >= 11 is 0. The molecule has 4 rings (SSSR count). The van der Waals surface area contributed by atoms with Gasteiger partial charge in [0.15, 0.2) is 0 Å². The van der Waals surface area contributed by atoms with E-state index in [1.807, 2.05) is 42.5 Å². The van der Waals surface area contributed by atoms with Gasteiger partial charge in [-0.25, -0.2) is 4.98 Å². The lowest BCUT2D eigenvalue weighted by molar-refractivity contribution is -0.137. The smallest absolute Gasteiger partial charge is 0.416 e. The van der Waals surface area contributed by atoms with E-state index in [0.29, 0.717) is 22.8 Å². The number of aryl methyl sites for hydroxylation is 1. The molecule has 186 valence electrons. The number of aliphatic hydroxyl groups is 1. The van der Waals surface area contributed by atoms with Crippen LogP contribution in [0.1, 0.15) is 28.1 Å². The lowest BCUT2D eigenvalue weighted by atomic mass is 9.97. The summed E-state index contributed by atoms with van der Waals surface area (Å²) in [5, 5.41) is 9.56. The maximum absolute atomic E-state index is 12.8. The summed E-state index contributed by atoms with van der Waals surface area (Å²) in [6.45, 7) is 1.71. The second-order valence-electron chi connectivity index (χ2n) is 7.94. The van der Waals surface area contributed by atoms with E-state index in [-0.39, 0.29) is 19.1 Å². The first-order valence-electron chi connectivity index (χ1n) is 11.1. The third-order valence-electron chi connectivity index (χ3n) is 5.57. The number of halogens is 3. The molecule has 0 amide bonds. The summed E-state index contributed by atoms with van der Waals surface area (Å²) in [5.41, 5.74) is 2.86. The summed E-state index contributed by atoms with van der Waals surface area (Å²) in [4.78, 5) is 4.41. The molecule has 0 aliphatic heterocycles. The number of nitrogens with zero attached hydrogens (tertiary/aromatic N) is 1. The van der Waals surface area contributed by atoms with Crippen LogP contribution in [0.25, 0.3) is 17.0 Å². The van der Waals surface area contributed by atoms with Gasteiger partial charge in [-0.05, 0) is 72.2 Å². The zero-order valence-corrected chi connectivity index (χ0v) is 19.7. The number of aromatic nitrogens is 1. The topological polar surface area (TPSA) is 64.7 Å². The molecule has 0 aliphatic rings. The highest BCUT2D eigenvalue weighted by atomic mass is 19.4. The van der Waals surface area contributed by atoms with Crippen LogP contribution in [0.2, 0.25) is 0 Å². The zero-order chi connectivity index (χ0) is 25.7. The van der Waals surface area contributed by atoms with Crippen LogP contribution in [0.5, 0.6) is 11.5 Å². The van der Waals surface area contributed by atoms with Crippen molar-refractivity contribution in [3.8, 4) is 23.0 Å². The van der Waals surface area contributed by atoms with Crippen molar-refractivity contribution in [3.05, 3.63) is 107 Å². The molecule has 0 aliphatic carbocycles. The van der Waals surface area contributed by atoms with Crippen molar-refractivity contribution >= 4 is 5.57 Å². The molecule has 0 saturated carbocycles. The number of hydrogen-bond donors (Lipinski definition) is 1. The molecule has 4 aromatic rings. The van der Waals surface area contributed by atoms with Gasteiger partial charge in [-0.15, -0.1) is 0 Å². The summed E-state index contributed by atoms with van der Waals surface area (Å²) in [5.74, 6) is 2.06. The Bertz CT molecular complexity index is 1340. The fraction of sp³-hybridized carbons (Fsp3) is 0.179. The highest BCUT2D eigenvalue weighted by Gasteiger charge is 2.30. The van der Waals surface area contributed by atoms with E-state index < -0.39 is 11.7 Å².